The van der Waals surface area contributed by atoms with Gasteiger partial charge in [0, 0.05) is 0 Å². The van der Waals surface area contributed by atoms with Crippen LogP contribution in [0.3, 0.4) is 0 Å². The van der Waals surface area contributed by atoms with Gasteiger partial charge in [0.15, 0.2) is 35.1 Å². The summed E-state index contributed by atoms with van der Waals surface area (Å²) in [5, 5.41) is 41.5. The number of aromatic amines is 1. The zero-order chi connectivity index (χ0) is 29.9. The first-order valence-electron chi connectivity index (χ1n) is 12.3. The highest BCUT2D eigenvalue weighted by molar-refractivity contribution is 7.47. The molecule has 42 heavy (non-hydrogen) atoms. The quantitative estimate of drug-likeness (QED) is 0.0894. The number of nitrogens with two attached hydrogens (primary N) is 2. The van der Waals surface area contributed by atoms with E-state index in [9.17, 15) is 34.7 Å². The fourth-order valence-electron chi connectivity index (χ4n) is 4.84. The van der Waals surface area contributed by atoms with E-state index in [2.05, 4.69) is 29.9 Å². The molecular formula is C20H25N10O11P. The molecule has 4 aromatic heterocycles. The summed E-state index contributed by atoms with van der Waals surface area (Å²) < 4.78 is 37.0. The third kappa shape index (κ3) is 4.80. The molecule has 9 atom stereocenters. The van der Waals surface area contributed by atoms with E-state index in [0.717, 1.165) is 10.9 Å². The molecule has 2 unspecified atom stereocenters. The van der Waals surface area contributed by atoms with Crippen molar-refractivity contribution in [1.29, 1.82) is 0 Å². The van der Waals surface area contributed by atoms with Gasteiger partial charge in [-0.05, 0) is 0 Å². The number of rotatable bonds is 8. The Bertz CT molecular complexity index is 1730. The second-order valence-corrected chi connectivity index (χ2v) is 10.9. The lowest BCUT2D eigenvalue weighted by molar-refractivity contribution is -0.0615. The minimum absolute atomic E-state index is 0.0830. The molecule has 0 spiro atoms. The van der Waals surface area contributed by atoms with Crippen LogP contribution >= 0.6 is 7.82 Å². The first-order valence-corrected chi connectivity index (χ1v) is 13.8. The van der Waals surface area contributed by atoms with Crippen molar-refractivity contribution in [2.45, 2.75) is 49.1 Å². The molecule has 6 heterocycles. The minimum atomic E-state index is -5.06. The fourth-order valence-corrected chi connectivity index (χ4v) is 5.77. The molecule has 0 amide bonds. The predicted molar refractivity (Wildman–Crippen MR) is 136 cm³/mol. The SMILES string of the molecule is Nc1nc2c(ncn2[C@@H]2O[C@H](CO)[C@@H](O)[C@H]2OP(=O)(O)OCC2O[C@@H](n3cnc4c(N)ncnc43)[C@H](O)[C@@H]2O)c(=O)[nH]1. The molecule has 0 bridgehead atoms. The summed E-state index contributed by atoms with van der Waals surface area (Å²) in [6.07, 6.45) is -8.05. The second-order valence-electron chi connectivity index (χ2n) is 9.48. The summed E-state index contributed by atoms with van der Waals surface area (Å²) in [4.78, 5) is 44.9. The highest BCUT2D eigenvalue weighted by atomic mass is 31.2. The van der Waals surface area contributed by atoms with Gasteiger partial charge in [0.05, 0.1) is 25.9 Å². The zero-order valence-electron chi connectivity index (χ0n) is 21.2. The van der Waals surface area contributed by atoms with Gasteiger partial charge in [-0.15, -0.1) is 0 Å². The average molecular weight is 612 g/mol. The maximum Gasteiger partial charge on any atom is 0.472 e. The number of phosphoric acid groups is 1. The highest BCUT2D eigenvalue weighted by Crippen LogP contribution is 2.50. The van der Waals surface area contributed by atoms with Crippen molar-refractivity contribution in [3.05, 3.63) is 29.3 Å². The molecule has 4 aromatic rings. The van der Waals surface area contributed by atoms with Crippen LogP contribution < -0.4 is 17.0 Å². The molecule has 21 nitrogen and oxygen atoms in total. The number of phosphoric ester groups is 1. The molecule has 0 aliphatic carbocycles. The van der Waals surface area contributed by atoms with E-state index in [1.165, 1.54) is 17.2 Å². The maximum atomic E-state index is 13.0. The van der Waals surface area contributed by atoms with Gasteiger partial charge in [-0.1, -0.05) is 0 Å². The molecule has 22 heteroatoms. The van der Waals surface area contributed by atoms with Gasteiger partial charge >= 0.3 is 7.82 Å². The number of aliphatic hydroxyl groups is 4. The van der Waals surface area contributed by atoms with Crippen molar-refractivity contribution in [2.24, 2.45) is 0 Å². The summed E-state index contributed by atoms with van der Waals surface area (Å²) in [5.41, 5.74) is 11.0. The van der Waals surface area contributed by atoms with Crippen LogP contribution in [0.4, 0.5) is 11.8 Å². The molecular weight excluding hydrogens is 587 g/mol. The van der Waals surface area contributed by atoms with Gasteiger partial charge < -0.3 is 46.3 Å². The van der Waals surface area contributed by atoms with Crippen LogP contribution in [0.15, 0.2) is 23.8 Å². The average Bonchev–Trinajstić information content (AvgIpc) is 3.69. The number of hydrogen-bond donors (Lipinski definition) is 8. The van der Waals surface area contributed by atoms with E-state index < -0.39 is 75.7 Å². The Morgan fingerprint density at radius 3 is 2.38 bits per heavy atom. The monoisotopic (exact) mass is 612 g/mol. The lowest BCUT2D eigenvalue weighted by atomic mass is 10.1. The Morgan fingerprint density at radius 2 is 1.64 bits per heavy atom. The second kappa shape index (κ2) is 10.6. The maximum absolute atomic E-state index is 13.0. The van der Waals surface area contributed by atoms with E-state index >= 15 is 0 Å². The van der Waals surface area contributed by atoms with Gasteiger partial charge in [0.1, 0.15) is 48.5 Å². The first-order chi connectivity index (χ1) is 20.0. The molecule has 2 fully saturated rings. The number of H-pyrrole nitrogens is 1. The van der Waals surface area contributed by atoms with Gasteiger partial charge in [-0.3, -0.25) is 28.0 Å². The molecule has 226 valence electrons. The Morgan fingerprint density at radius 1 is 0.952 bits per heavy atom. The Kier molecular flexibility index (Phi) is 7.17. The molecule has 0 radical (unpaired) electrons. The highest BCUT2D eigenvalue weighted by Gasteiger charge is 2.50. The van der Waals surface area contributed by atoms with Crippen molar-refractivity contribution in [2.75, 3.05) is 24.7 Å². The number of anilines is 2. The number of ether oxygens (including phenoxy) is 2. The van der Waals surface area contributed by atoms with Crippen molar-refractivity contribution < 1.29 is 48.4 Å². The van der Waals surface area contributed by atoms with Crippen molar-refractivity contribution >= 4 is 41.9 Å². The number of imidazole rings is 2. The van der Waals surface area contributed by atoms with E-state index in [1.54, 1.807) is 0 Å². The minimum Gasteiger partial charge on any atom is -0.394 e. The van der Waals surface area contributed by atoms with Gasteiger partial charge in [-0.25, -0.2) is 24.5 Å². The normalized spacial score (nSPS) is 31.3. The summed E-state index contributed by atoms with van der Waals surface area (Å²) >= 11 is 0. The first kappa shape index (κ1) is 28.5. The van der Waals surface area contributed by atoms with E-state index in [1.807, 2.05) is 0 Å². The fraction of sp³-hybridized carbons (Fsp3) is 0.500. The third-order valence-electron chi connectivity index (χ3n) is 6.87. The molecule has 0 saturated carbocycles. The Balaban J connectivity index is 1.19. The molecule has 2 aliphatic rings. The van der Waals surface area contributed by atoms with Crippen LogP contribution in [0.5, 0.6) is 0 Å². The Labute approximate surface area is 232 Å². The number of nitrogen functional groups attached to an aromatic ring is 2. The molecule has 2 saturated heterocycles. The van der Waals surface area contributed by atoms with Gasteiger partial charge in [0.25, 0.3) is 5.56 Å². The number of hydrogen-bond acceptors (Lipinski definition) is 17. The van der Waals surface area contributed by atoms with Crippen LogP contribution in [0.25, 0.3) is 22.3 Å². The summed E-state index contributed by atoms with van der Waals surface area (Å²) in [7, 11) is -5.06. The predicted octanol–water partition coefficient (Wildman–Crippen LogP) is -3.50. The lowest BCUT2D eigenvalue weighted by Crippen LogP contribution is -2.36. The summed E-state index contributed by atoms with van der Waals surface area (Å²) in [6.45, 7) is -1.44. The number of aliphatic hydroxyl groups excluding tert-OH is 4. The van der Waals surface area contributed by atoms with Crippen LogP contribution in [-0.2, 0) is 23.1 Å². The van der Waals surface area contributed by atoms with E-state index in [0.29, 0.717) is 0 Å². The van der Waals surface area contributed by atoms with Crippen LogP contribution in [0, 0.1) is 0 Å². The molecule has 10 N–H and O–H groups in total. The van der Waals surface area contributed by atoms with Crippen LogP contribution in [0.2, 0.25) is 0 Å². The molecule has 2 aliphatic heterocycles. The van der Waals surface area contributed by atoms with Crippen molar-refractivity contribution in [1.82, 2.24) is 39.0 Å². The number of nitrogens with zero attached hydrogens (tertiary/aromatic N) is 7. The molecule has 6 rings (SSSR count). The topological polar surface area (TPSA) is 314 Å². The van der Waals surface area contributed by atoms with Crippen LogP contribution in [0.1, 0.15) is 12.5 Å². The van der Waals surface area contributed by atoms with Crippen LogP contribution in [-0.4, -0.2) is 114 Å². The smallest absolute Gasteiger partial charge is 0.394 e. The van der Waals surface area contributed by atoms with E-state index in [4.69, 9.17) is 30.0 Å². The molecule has 0 aromatic carbocycles. The Hall–Kier alpha value is -3.63. The van der Waals surface area contributed by atoms with Gasteiger partial charge in [-0.2, -0.15) is 4.98 Å². The summed E-state index contributed by atoms with van der Waals surface area (Å²) in [5.74, 6) is -0.171. The van der Waals surface area contributed by atoms with Gasteiger partial charge in [0.2, 0.25) is 5.95 Å². The number of fused-ring (bicyclic) bond motifs is 2. The largest absolute Gasteiger partial charge is 0.472 e. The standard InChI is InChI=1S/C20H25N10O11P/c21-14-8-15(24-3-23-14)29(4-25-8)18-12(34)10(32)7(40-18)2-38-42(36,37)41-13-11(33)6(1-31)39-19(13)30-5-26-9-16(30)27-20(22)28-17(9)35/h3-7,10-13,18-19,31-34H,1-2H2,(H,36,37)(H2,21,23,24)(H3,22,27,28,35)/t6-,7?,10-,11-,12-,13-,18-,19-/m1/s1. The lowest BCUT2D eigenvalue weighted by Gasteiger charge is -2.24. The third-order valence-corrected chi connectivity index (χ3v) is 7.86. The number of aromatic nitrogens is 8. The van der Waals surface area contributed by atoms with Crippen molar-refractivity contribution in [3.8, 4) is 0 Å². The number of nitrogens with one attached hydrogen (secondary N) is 1. The zero-order valence-corrected chi connectivity index (χ0v) is 22.1. The van der Waals surface area contributed by atoms with E-state index in [-0.39, 0.29) is 34.1 Å². The van der Waals surface area contributed by atoms with Crippen molar-refractivity contribution in [3.63, 3.8) is 0 Å². The summed E-state index contributed by atoms with van der Waals surface area (Å²) in [6, 6.07) is 0.